The molecule has 43 heavy (non-hydrogen) atoms. The molecule has 1 heterocycles. The predicted molar refractivity (Wildman–Crippen MR) is 174 cm³/mol. The van der Waals surface area contributed by atoms with E-state index >= 15 is 0 Å². The topological polar surface area (TPSA) is 105 Å². The molecule has 0 radical (unpaired) electrons. The maximum absolute atomic E-state index is 12.6. The van der Waals surface area contributed by atoms with E-state index in [1.807, 2.05) is 79.9 Å². The number of thiazole rings is 1. The number of rotatable bonds is 10. The first-order valence-corrected chi connectivity index (χ1v) is 14.6. The highest BCUT2D eigenvalue weighted by atomic mass is 35.5. The van der Waals surface area contributed by atoms with Gasteiger partial charge in [-0.05, 0) is 85.1 Å². The second-order valence-electron chi connectivity index (χ2n) is 9.63. The summed E-state index contributed by atoms with van der Waals surface area (Å²) >= 11 is 7.85. The molecule has 4 aromatic carbocycles. The number of anilines is 3. The maximum Gasteiger partial charge on any atom is 0.271 e. The standard InChI is InChI=1S/C33H28ClN5O3S/c1-21-8-14-27(16-22(21)2)36-31(40)19-42-30-15-9-23(17-28(30)34)18-35-39-32(41)25-12-10-24(11-13-25)29-20-43-33(38-29)37-26-6-4-3-5-7-26/h3-18,20H,19H2,1-2H3,(H,36,40)(H,37,38)(H,39,41)/b35-18+. The first-order chi connectivity index (χ1) is 20.8. The lowest BCUT2D eigenvalue weighted by atomic mass is 10.1. The summed E-state index contributed by atoms with van der Waals surface area (Å²) in [6, 6.07) is 27.7. The third-order valence-electron chi connectivity index (χ3n) is 6.46. The van der Waals surface area contributed by atoms with Gasteiger partial charge in [-0.2, -0.15) is 5.10 Å². The fourth-order valence-electron chi connectivity index (χ4n) is 4.01. The van der Waals surface area contributed by atoms with Crippen LogP contribution in [0.4, 0.5) is 16.5 Å². The van der Waals surface area contributed by atoms with Crippen LogP contribution in [0.1, 0.15) is 27.0 Å². The molecule has 0 aliphatic carbocycles. The minimum Gasteiger partial charge on any atom is -0.482 e. The van der Waals surface area contributed by atoms with Crippen LogP contribution in [0.2, 0.25) is 5.02 Å². The van der Waals surface area contributed by atoms with Gasteiger partial charge in [0.05, 0.1) is 16.9 Å². The van der Waals surface area contributed by atoms with Crippen LogP contribution in [-0.2, 0) is 4.79 Å². The smallest absolute Gasteiger partial charge is 0.271 e. The summed E-state index contributed by atoms with van der Waals surface area (Å²) in [5.74, 6) is -0.285. The number of carbonyl (C=O) groups is 2. The van der Waals surface area contributed by atoms with Crippen LogP contribution in [0.15, 0.2) is 101 Å². The molecule has 5 aromatic rings. The molecule has 3 N–H and O–H groups in total. The third-order valence-corrected chi connectivity index (χ3v) is 7.51. The monoisotopic (exact) mass is 609 g/mol. The fraction of sp³-hybridized carbons (Fsp3) is 0.0909. The van der Waals surface area contributed by atoms with Crippen LogP contribution in [0.3, 0.4) is 0 Å². The number of hydrogen-bond donors (Lipinski definition) is 3. The summed E-state index contributed by atoms with van der Waals surface area (Å²) < 4.78 is 5.58. The largest absolute Gasteiger partial charge is 0.482 e. The quantitative estimate of drug-likeness (QED) is 0.112. The molecule has 8 nitrogen and oxygen atoms in total. The second-order valence-corrected chi connectivity index (χ2v) is 10.9. The number of amides is 2. The number of halogens is 1. The van der Waals surface area contributed by atoms with Crippen molar-refractivity contribution in [2.45, 2.75) is 13.8 Å². The number of carbonyl (C=O) groups excluding carboxylic acids is 2. The summed E-state index contributed by atoms with van der Waals surface area (Å²) in [4.78, 5) is 29.5. The minimum absolute atomic E-state index is 0.191. The molecular formula is C33H28ClN5O3S. The number of nitrogens with one attached hydrogen (secondary N) is 3. The van der Waals surface area contributed by atoms with Crippen LogP contribution in [0, 0.1) is 13.8 Å². The second kappa shape index (κ2) is 13.8. The summed E-state index contributed by atoms with van der Waals surface area (Å²) in [7, 11) is 0. The Morgan fingerprint density at radius 1 is 0.930 bits per heavy atom. The van der Waals surface area contributed by atoms with E-state index in [1.54, 1.807) is 30.3 Å². The Hall–Kier alpha value is -4.99. The normalized spacial score (nSPS) is 10.9. The Kier molecular flexibility index (Phi) is 9.46. The minimum atomic E-state index is -0.353. The molecule has 2 amide bonds. The summed E-state index contributed by atoms with van der Waals surface area (Å²) in [5, 5.41) is 13.2. The number of para-hydroxylation sites is 1. The van der Waals surface area contributed by atoms with Crippen molar-refractivity contribution in [3.8, 4) is 17.0 Å². The molecule has 0 aliphatic heterocycles. The molecular weight excluding hydrogens is 582 g/mol. The number of aryl methyl sites for hydroxylation is 2. The van der Waals surface area contributed by atoms with Crippen LogP contribution in [-0.4, -0.2) is 29.6 Å². The SMILES string of the molecule is Cc1ccc(NC(=O)COc2ccc(/C=N/NC(=O)c3ccc(-c4csc(Nc5ccccc5)n4)cc3)cc2Cl)cc1C. The third kappa shape index (κ3) is 8.06. The Morgan fingerprint density at radius 3 is 2.47 bits per heavy atom. The zero-order chi connectivity index (χ0) is 30.2. The average molecular weight is 610 g/mol. The highest BCUT2D eigenvalue weighted by Crippen LogP contribution is 2.28. The molecule has 0 aliphatic rings. The van der Waals surface area contributed by atoms with Gasteiger partial charge >= 0.3 is 0 Å². The van der Waals surface area contributed by atoms with Gasteiger partial charge in [0.1, 0.15) is 5.75 Å². The highest BCUT2D eigenvalue weighted by Gasteiger charge is 2.10. The lowest BCUT2D eigenvalue weighted by molar-refractivity contribution is -0.118. The van der Waals surface area contributed by atoms with Crippen molar-refractivity contribution in [3.05, 3.63) is 124 Å². The van der Waals surface area contributed by atoms with Crippen molar-refractivity contribution in [1.82, 2.24) is 10.4 Å². The van der Waals surface area contributed by atoms with Gasteiger partial charge in [-0.25, -0.2) is 10.4 Å². The lowest BCUT2D eigenvalue weighted by Crippen LogP contribution is -2.20. The number of nitrogens with zero attached hydrogens (tertiary/aromatic N) is 2. The molecule has 0 atom stereocenters. The number of ether oxygens (including phenoxy) is 1. The molecule has 1 aromatic heterocycles. The number of aromatic nitrogens is 1. The molecule has 0 saturated carbocycles. The summed E-state index contributed by atoms with van der Waals surface area (Å²) in [6.45, 7) is 3.81. The average Bonchev–Trinajstić information content (AvgIpc) is 3.47. The fourth-order valence-corrected chi connectivity index (χ4v) is 4.99. The molecule has 0 spiro atoms. The molecule has 0 saturated heterocycles. The zero-order valence-electron chi connectivity index (χ0n) is 23.4. The zero-order valence-corrected chi connectivity index (χ0v) is 25.0. The van der Waals surface area contributed by atoms with Crippen molar-refractivity contribution in [2.24, 2.45) is 5.10 Å². The molecule has 216 valence electrons. The van der Waals surface area contributed by atoms with Gasteiger partial charge in [-0.15, -0.1) is 11.3 Å². The number of hydrazone groups is 1. The van der Waals surface area contributed by atoms with Crippen molar-refractivity contribution < 1.29 is 14.3 Å². The van der Waals surface area contributed by atoms with Gasteiger partial charge in [0.15, 0.2) is 11.7 Å². The van der Waals surface area contributed by atoms with E-state index in [2.05, 4.69) is 26.1 Å². The molecule has 5 rings (SSSR count). The molecule has 10 heteroatoms. The van der Waals surface area contributed by atoms with E-state index in [1.165, 1.54) is 17.6 Å². The van der Waals surface area contributed by atoms with Gasteiger partial charge < -0.3 is 15.4 Å². The van der Waals surface area contributed by atoms with Crippen molar-refractivity contribution in [3.63, 3.8) is 0 Å². The molecule has 0 fully saturated rings. The number of benzene rings is 4. The van der Waals surface area contributed by atoms with Gasteiger partial charge in [0.2, 0.25) is 0 Å². The van der Waals surface area contributed by atoms with E-state index in [0.717, 1.165) is 33.2 Å². The van der Waals surface area contributed by atoms with Gasteiger partial charge in [0, 0.05) is 27.9 Å². The first kappa shape index (κ1) is 29.5. The van der Waals surface area contributed by atoms with E-state index in [4.69, 9.17) is 16.3 Å². The molecule has 0 unspecified atom stereocenters. The number of hydrogen-bond acceptors (Lipinski definition) is 7. The maximum atomic E-state index is 12.6. The van der Waals surface area contributed by atoms with E-state index in [9.17, 15) is 9.59 Å². The van der Waals surface area contributed by atoms with Gasteiger partial charge in [-0.3, -0.25) is 9.59 Å². The Bertz CT molecular complexity index is 1770. The molecule has 0 bridgehead atoms. The van der Waals surface area contributed by atoms with E-state index in [-0.39, 0.29) is 18.4 Å². The van der Waals surface area contributed by atoms with Crippen LogP contribution < -0.4 is 20.8 Å². The Balaban J connectivity index is 1.10. The predicted octanol–water partition coefficient (Wildman–Crippen LogP) is 7.61. The van der Waals surface area contributed by atoms with Crippen molar-refractivity contribution in [1.29, 1.82) is 0 Å². The first-order valence-electron chi connectivity index (χ1n) is 13.3. The van der Waals surface area contributed by atoms with Crippen LogP contribution in [0.25, 0.3) is 11.3 Å². The highest BCUT2D eigenvalue weighted by molar-refractivity contribution is 7.14. The van der Waals surface area contributed by atoms with Crippen LogP contribution in [0.5, 0.6) is 5.75 Å². The summed E-state index contributed by atoms with van der Waals surface area (Å²) in [5.41, 5.74) is 9.26. The van der Waals surface area contributed by atoms with Crippen LogP contribution >= 0.6 is 22.9 Å². The van der Waals surface area contributed by atoms with Crippen molar-refractivity contribution in [2.75, 3.05) is 17.2 Å². The Morgan fingerprint density at radius 2 is 1.72 bits per heavy atom. The summed E-state index contributed by atoms with van der Waals surface area (Å²) in [6.07, 6.45) is 1.48. The van der Waals surface area contributed by atoms with Crippen molar-refractivity contribution >= 4 is 57.5 Å². The van der Waals surface area contributed by atoms with E-state index < -0.39 is 0 Å². The Labute approximate surface area is 258 Å². The van der Waals surface area contributed by atoms with Gasteiger partial charge in [-0.1, -0.05) is 48.0 Å². The van der Waals surface area contributed by atoms with E-state index in [0.29, 0.717) is 27.6 Å². The lowest BCUT2D eigenvalue weighted by Gasteiger charge is -2.10. The van der Waals surface area contributed by atoms with Gasteiger partial charge in [0.25, 0.3) is 11.8 Å².